The summed E-state index contributed by atoms with van der Waals surface area (Å²) in [6.07, 6.45) is 1.29. The molecule has 0 bridgehead atoms. The van der Waals surface area contributed by atoms with Crippen molar-refractivity contribution < 1.29 is 9.59 Å². The molecule has 2 unspecified atom stereocenters. The third-order valence-electron chi connectivity index (χ3n) is 3.51. The van der Waals surface area contributed by atoms with Gasteiger partial charge in [0.05, 0.1) is 0 Å². The SMILES string of the molecule is CCC(C)NC(=O)CCNC1C(=O)Nc2ccccc21. The highest BCUT2D eigenvalue weighted by atomic mass is 16.2. The van der Waals surface area contributed by atoms with Gasteiger partial charge in [-0.1, -0.05) is 25.1 Å². The average molecular weight is 275 g/mol. The third-order valence-corrected chi connectivity index (χ3v) is 3.51. The van der Waals surface area contributed by atoms with Crippen LogP contribution in [0.15, 0.2) is 24.3 Å². The molecule has 0 saturated heterocycles. The highest BCUT2D eigenvalue weighted by Crippen LogP contribution is 2.29. The lowest BCUT2D eigenvalue weighted by atomic mass is 10.1. The van der Waals surface area contributed by atoms with E-state index in [9.17, 15) is 9.59 Å². The number of carbonyl (C=O) groups excluding carboxylic acids is 2. The molecular weight excluding hydrogens is 254 g/mol. The first-order chi connectivity index (χ1) is 9.61. The molecule has 5 heteroatoms. The first-order valence-electron chi connectivity index (χ1n) is 7.04. The minimum absolute atomic E-state index is 0.0125. The van der Waals surface area contributed by atoms with Gasteiger partial charge in [-0.2, -0.15) is 0 Å². The largest absolute Gasteiger partial charge is 0.354 e. The van der Waals surface area contributed by atoms with Gasteiger partial charge in [0.2, 0.25) is 11.8 Å². The van der Waals surface area contributed by atoms with Gasteiger partial charge in [-0.05, 0) is 19.4 Å². The third kappa shape index (κ3) is 3.36. The summed E-state index contributed by atoms with van der Waals surface area (Å²) < 4.78 is 0. The number of nitrogens with one attached hydrogen (secondary N) is 3. The van der Waals surface area contributed by atoms with Crippen LogP contribution in [0.25, 0.3) is 0 Å². The minimum atomic E-state index is -0.359. The van der Waals surface area contributed by atoms with Gasteiger partial charge in [0, 0.05) is 30.3 Å². The highest BCUT2D eigenvalue weighted by molar-refractivity contribution is 6.02. The van der Waals surface area contributed by atoms with Gasteiger partial charge in [0.15, 0.2) is 0 Å². The first-order valence-corrected chi connectivity index (χ1v) is 7.04. The number of anilines is 1. The smallest absolute Gasteiger partial charge is 0.246 e. The van der Waals surface area contributed by atoms with Crippen LogP contribution in [-0.4, -0.2) is 24.4 Å². The van der Waals surface area contributed by atoms with Crippen LogP contribution in [0.4, 0.5) is 5.69 Å². The van der Waals surface area contributed by atoms with Crippen LogP contribution in [0.2, 0.25) is 0 Å². The van der Waals surface area contributed by atoms with Crippen LogP contribution < -0.4 is 16.0 Å². The van der Waals surface area contributed by atoms with E-state index in [-0.39, 0.29) is 23.9 Å². The van der Waals surface area contributed by atoms with Gasteiger partial charge < -0.3 is 16.0 Å². The van der Waals surface area contributed by atoms with Crippen LogP contribution in [0.1, 0.15) is 38.3 Å². The van der Waals surface area contributed by atoms with Gasteiger partial charge in [-0.25, -0.2) is 0 Å². The molecule has 20 heavy (non-hydrogen) atoms. The normalized spacial score (nSPS) is 18.3. The fourth-order valence-electron chi connectivity index (χ4n) is 2.19. The molecule has 0 aromatic heterocycles. The van der Waals surface area contributed by atoms with Crippen molar-refractivity contribution in [3.63, 3.8) is 0 Å². The molecule has 0 aliphatic carbocycles. The first kappa shape index (κ1) is 14.5. The van der Waals surface area contributed by atoms with Gasteiger partial charge in [0.1, 0.15) is 6.04 Å². The molecule has 0 saturated carbocycles. The zero-order valence-electron chi connectivity index (χ0n) is 11.9. The van der Waals surface area contributed by atoms with Crippen molar-refractivity contribution in [1.82, 2.24) is 10.6 Å². The van der Waals surface area contributed by atoms with Gasteiger partial charge in [-0.15, -0.1) is 0 Å². The van der Waals surface area contributed by atoms with Crippen LogP contribution in [0, 0.1) is 0 Å². The van der Waals surface area contributed by atoms with Crippen molar-refractivity contribution in [2.75, 3.05) is 11.9 Å². The summed E-state index contributed by atoms with van der Waals surface area (Å²) in [7, 11) is 0. The second kappa shape index (κ2) is 6.52. The molecule has 2 rings (SSSR count). The molecule has 1 aliphatic heterocycles. The maximum absolute atomic E-state index is 11.9. The zero-order valence-corrected chi connectivity index (χ0v) is 11.9. The molecule has 0 fully saturated rings. The van der Waals surface area contributed by atoms with E-state index >= 15 is 0 Å². The second-order valence-electron chi connectivity index (χ2n) is 5.09. The Morgan fingerprint density at radius 2 is 2.15 bits per heavy atom. The number of benzene rings is 1. The highest BCUT2D eigenvalue weighted by Gasteiger charge is 2.29. The number of para-hydroxylation sites is 1. The topological polar surface area (TPSA) is 70.2 Å². The van der Waals surface area contributed by atoms with Crippen LogP contribution in [0.5, 0.6) is 0 Å². The Morgan fingerprint density at radius 3 is 2.90 bits per heavy atom. The molecule has 1 heterocycles. The lowest BCUT2D eigenvalue weighted by Gasteiger charge is -2.13. The standard InChI is InChI=1S/C15H21N3O2/c1-3-10(2)17-13(19)8-9-16-14-11-6-4-5-7-12(11)18-15(14)20/h4-7,10,14,16H,3,8-9H2,1-2H3,(H,17,19)(H,18,20). The summed E-state index contributed by atoms with van der Waals surface area (Å²) in [6.45, 7) is 4.49. The predicted octanol–water partition coefficient (Wildman–Crippen LogP) is 1.57. The summed E-state index contributed by atoms with van der Waals surface area (Å²) in [6, 6.07) is 7.43. The Labute approximate surface area is 119 Å². The summed E-state index contributed by atoms with van der Waals surface area (Å²) in [4.78, 5) is 23.5. The van der Waals surface area contributed by atoms with Crippen molar-refractivity contribution >= 4 is 17.5 Å². The monoisotopic (exact) mass is 275 g/mol. The molecule has 5 nitrogen and oxygen atoms in total. The van der Waals surface area contributed by atoms with E-state index in [0.717, 1.165) is 17.7 Å². The molecule has 2 amide bonds. The van der Waals surface area contributed by atoms with Crippen molar-refractivity contribution in [3.8, 4) is 0 Å². The van der Waals surface area contributed by atoms with Crippen molar-refractivity contribution in [3.05, 3.63) is 29.8 Å². The number of amides is 2. The van der Waals surface area contributed by atoms with Crippen molar-refractivity contribution in [2.45, 2.75) is 38.8 Å². The van der Waals surface area contributed by atoms with Crippen LogP contribution in [0.3, 0.4) is 0 Å². The fraction of sp³-hybridized carbons (Fsp3) is 0.467. The molecular formula is C15H21N3O2. The Bertz CT molecular complexity index is 502. The lowest BCUT2D eigenvalue weighted by Crippen LogP contribution is -2.35. The number of hydrogen-bond donors (Lipinski definition) is 3. The van der Waals surface area contributed by atoms with Crippen molar-refractivity contribution in [1.29, 1.82) is 0 Å². The van der Waals surface area contributed by atoms with Crippen LogP contribution in [-0.2, 0) is 9.59 Å². The zero-order chi connectivity index (χ0) is 14.5. The molecule has 108 valence electrons. The minimum Gasteiger partial charge on any atom is -0.354 e. The summed E-state index contributed by atoms with van der Waals surface area (Å²) in [5, 5.41) is 8.87. The quantitative estimate of drug-likeness (QED) is 0.738. The maximum atomic E-state index is 11.9. The van der Waals surface area contributed by atoms with E-state index in [4.69, 9.17) is 0 Å². The van der Waals surface area contributed by atoms with Gasteiger partial charge >= 0.3 is 0 Å². The Morgan fingerprint density at radius 1 is 1.40 bits per heavy atom. The number of carbonyl (C=O) groups is 2. The van der Waals surface area contributed by atoms with E-state index in [1.807, 2.05) is 38.1 Å². The fourth-order valence-corrected chi connectivity index (χ4v) is 2.19. The second-order valence-corrected chi connectivity index (χ2v) is 5.09. The molecule has 1 aromatic rings. The molecule has 0 radical (unpaired) electrons. The van der Waals surface area contributed by atoms with E-state index in [1.54, 1.807) is 0 Å². The van der Waals surface area contributed by atoms with E-state index in [0.29, 0.717) is 13.0 Å². The molecule has 0 spiro atoms. The Kier molecular flexibility index (Phi) is 4.74. The molecule has 2 atom stereocenters. The van der Waals surface area contributed by atoms with Gasteiger partial charge in [0.25, 0.3) is 0 Å². The van der Waals surface area contributed by atoms with E-state index in [1.165, 1.54) is 0 Å². The average Bonchev–Trinajstić information content (AvgIpc) is 2.75. The Hall–Kier alpha value is -1.88. The molecule has 1 aliphatic rings. The summed E-state index contributed by atoms with van der Waals surface area (Å²) in [5.41, 5.74) is 1.79. The number of rotatable bonds is 6. The number of fused-ring (bicyclic) bond motifs is 1. The molecule has 1 aromatic carbocycles. The Balaban J connectivity index is 1.83. The van der Waals surface area contributed by atoms with E-state index in [2.05, 4.69) is 16.0 Å². The summed E-state index contributed by atoms with van der Waals surface area (Å²) in [5.74, 6) is -0.0490. The van der Waals surface area contributed by atoms with Crippen LogP contribution >= 0.6 is 0 Å². The van der Waals surface area contributed by atoms with Gasteiger partial charge in [-0.3, -0.25) is 9.59 Å². The van der Waals surface area contributed by atoms with E-state index < -0.39 is 0 Å². The van der Waals surface area contributed by atoms with Crippen molar-refractivity contribution in [2.24, 2.45) is 0 Å². The summed E-state index contributed by atoms with van der Waals surface area (Å²) >= 11 is 0. The maximum Gasteiger partial charge on any atom is 0.246 e. The predicted molar refractivity (Wildman–Crippen MR) is 78.3 cm³/mol. The number of hydrogen-bond acceptors (Lipinski definition) is 3. The lowest BCUT2D eigenvalue weighted by molar-refractivity contribution is -0.122. The molecule has 3 N–H and O–H groups in total.